The molecule has 0 spiro atoms. The Bertz CT molecular complexity index is 1320. The van der Waals surface area contributed by atoms with Crippen molar-refractivity contribution >= 4 is 29.0 Å². The summed E-state index contributed by atoms with van der Waals surface area (Å²) < 4.78 is 67.0. The smallest absolute Gasteiger partial charge is 0.456 e. The minimum Gasteiger partial charge on any atom is -0.456 e. The van der Waals surface area contributed by atoms with Crippen LogP contribution in [0.4, 0.5) is 33.7 Å². The SMILES string of the molecule is N#Cc1cc(Oc2ccc(NC(=O)Nc3ccc4c(c3)C(F)(F)OC(F)(F)O4)cc2Cl)ccn1. The van der Waals surface area contributed by atoms with Gasteiger partial charge in [0.05, 0.1) is 10.6 Å². The van der Waals surface area contributed by atoms with Gasteiger partial charge >= 0.3 is 18.4 Å². The molecule has 2 N–H and O–H groups in total. The summed E-state index contributed by atoms with van der Waals surface area (Å²) >= 11 is 6.18. The van der Waals surface area contributed by atoms with Crippen molar-refractivity contribution in [3.63, 3.8) is 0 Å². The number of aromatic nitrogens is 1. The molecule has 4 rings (SSSR count). The molecule has 0 fully saturated rings. The van der Waals surface area contributed by atoms with Gasteiger partial charge in [0.1, 0.15) is 29.0 Å². The van der Waals surface area contributed by atoms with Gasteiger partial charge in [-0.2, -0.15) is 14.0 Å². The van der Waals surface area contributed by atoms with Crippen molar-refractivity contribution in [1.82, 2.24) is 4.98 Å². The number of carbonyl (C=O) groups excluding carboxylic acids is 1. The highest BCUT2D eigenvalue weighted by Gasteiger charge is 2.54. The van der Waals surface area contributed by atoms with Crippen LogP contribution < -0.4 is 20.1 Å². The van der Waals surface area contributed by atoms with Crippen molar-refractivity contribution < 1.29 is 36.6 Å². The highest BCUT2D eigenvalue weighted by molar-refractivity contribution is 6.32. The number of hydrogen-bond donors (Lipinski definition) is 2. The van der Waals surface area contributed by atoms with Gasteiger partial charge in [-0.05, 0) is 42.5 Å². The molecule has 1 aliphatic heterocycles. The largest absolute Gasteiger partial charge is 0.540 e. The molecule has 2 aromatic carbocycles. The van der Waals surface area contributed by atoms with Crippen LogP contribution >= 0.6 is 11.6 Å². The van der Waals surface area contributed by atoms with E-state index in [2.05, 4.69) is 25.1 Å². The van der Waals surface area contributed by atoms with Gasteiger partial charge < -0.3 is 20.1 Å². The number of carbonyl (C=O) groups is 1. The van der Waals surface area contributed by atoms with E-state index in [1.54, 1.807) is 0 Å². The number of fused-ring (bicyclic) bond motifs is 1. The first-order chi connectivity index (χ1) is 16.0. The number of alkyl halides is 4. The van der Waals surface area contributed by atoms with E-state index >= 15 is 0 Å². The number of pyridine rings is 1. The number of urea groups is 1. The van der Waals surface area contributed by atoms with Crippen LogP contribution in [0.1, 0.15) is 11.3 Å². The molecule has 0 unspecified atom stereocenters. The van der Waals surface area contributed by atoms with Gasteiger partial charge in [-0.15, -0.1) is 8.78 Å². The van der Waals surface area contributed by atoms with Crippen LogP contribution in [0.2, 0.25) is 5.02 Å². The zero-order valence-corrected chi connectivity index (χ0v) is 17.4. The summed E-state index contributed by atoms with van der Waals surface area (Å²) in [5, 5.41) is 13.7. The number of halogens is 5. The molecule has 0 saturated carbocycles. The van der Waals surface area contributed by atoms with Gasteiger partial charge in [0.15, 0.2) is 0 Å². The number of hydrogen-bond acceptors (Lipinski definition) is 6. The summed E-state index contributed by atoms with van der Waals surface area (Å²) in [5.41, 5.74) is -0.728. The third kappa shape index (κ3) is 5.11. The third-order valence-corrected chi connectivity index (χ3v) is 4.59. The molecule has 0 saturated heterocycles. The molecule has 0 aliphatic carbocycles. The Morgan fingerprint density at radius 2 is 1.76 bits per heavy atom. The monoisotopic (exact) mass is 494 g/mol. The fourth-order valence-electron chi connectivity index (χ4n) is 2.89. The van der Waals surface area contributed by atoms with Gasteiger partial charge in [0.25, 0.3) is 0 Å². The quantitative estimate of drug-likeness (QED) is 0.428. The number of amides is 2. The van der Waals surface area contributed by atoms with Crippen LogP contribution in [0.15, 0.2) is 54.7 Å². The Morgan fingerprint density at radius 3 is 2.47 bits per heavy atom. The predicted octanol–water partition coefficient (Wildman–Crippen LogP) is 6.05. The predicted molar refractivity (Wildman–Crippen MR) is 110 cm³/mol. The van der Waals surface area contributed by atoms with Gasteiger partial charge in [-0.3, -0.25) is 0 Å². The fourth-order valence-corrected chi connectivity index (χ4v) is 3.11. The van der Waals surface area contributed by atoms with Crippen molar-refractivity contribution in [3.05, 3.63) is 71.0 Å². The van der Waals surface area contributed by atoms with E-state index in [0.29, 0.717) is 5.75 Å². The zero-order valence-electron chi connectivity index (χ0n) is 16.6. The van der Waals surface area contributed by atoms with E-state index in [1.807, 2.05) is 6.07 Å². The average Bonchev–Trinajstić information content (AvgIpc) is 2.75. The molecular weight excluding hydrogens is 484 g/mol. The van der Waals surface area contributed by atoms with E-state index < -0.39 is 29.7 Å². The van der Waals surface area contributed by atoms with Crippen LogP contribution in [0.5, 0.6) is 17.2 Å². The molecule has 1 aromatic heterocycles. The lowest BCUT2D eigenvalue weighted by Crippen LogP contribution is -2.41. The van der Waals surface area contributed by atoms with E-state index in [1.165, 1.54) is 36.5 Å². The zero-order chi connectivity index (χ0) is 24.5. The van der Waals surface area contributed by atoms with Crippen LogP contribution in [0.3, 0.4) is 0 Å². The molecule has 34 heavy (non-hydrogen) atoms. The van der Waals surface area contributed by atoms with Gasteiger partial charge in [-0.1, -0.05) is 11.6 Å². The van der Waals surface area contributed by atoms with Crippen LogP contribution in [0.25, 0.3) is 0 Å². The number of nitriles is 1. The van der Waals surface area contributed by atoms with Crippen molar-refractivity contribution in [1.29, 1.82) is 5.26 Å². The summed E-state index contributed by atoms with van der Waals surface area (Å²) in [6.45, 7) is 0. The summed E-state index contributed by atoms with van der Waals surface area (Å²) in [5.74, 6) is -0.232. The van der Waals surface area contributed by atoms with Gasteiger partial charge in [0, 0.05) is 23.6 Å². The number of rotatable bonds is 4. The van der Waals surface area contributed by atoms with E-state index in [0.717, 1.165) is 18.2 Å². The highest BCUT2D eigenvalue weighted by atomic mass is 35.5. The number of ether oxygens (including phenoxy) is 3. The summed E-state index contributed by atoms with van der Waals surface area (Å²) in [4.78, 5) is 16.1. The first-order valence-electron chi connectivity index (χ1n) is 9.25. The Morgan fingerprint density at radius 1 is 1.06 bits per heavy atom. The Balaban J connectivity index is 1.44. The molecule has 174 valence electrons. The molecule has 13 heteroatoms. The van der Waals surface area contributed by atoms with Gasteiger partial charge in [0.2, 0.25) is 0 Å². The second-order valence-corrected chi connectivity index (χ2v) is 7.12. The lowest BCUT2D eigenvalue weighted by Gasteiger charge is -2.30. The Labute approximate surface area is 193 Å². The van der Waals surface area contributed by atoms with Crippen LogP contribution in [-0.4, -0.2) is 17.3 Å². The van der Waals surface area contributed by atoms with Crippen LogP contribution in [-0.2, 0) is 10.8 Å². The average molecular weight is 495 g/mol. The molecule has 1 aliphatic rings. The first-order valence-corrected chi connectivity index (χ1v) is 9.63. The molecular formula is C21H11ClF4N4O4. The number of nitrogens with one attached hydrogen (secondary N) is 2. The summed E-state index contributed by atoms with van der Waals surface area (Å²) in [6.07, 6.45) is -7.44. The maximum absolute atomic E-state index is 13.9. The molecule has 2 amide bonds. The lowest BCUT2D eigenvalue weighted by molar-refractivity contribution is -0.461. The topological polar surface area (TPSA) is 106 Å². The van der Waals surface area contributed by atoms with E-state index in [4.69, 9.17) is 21.6 Å². The fraction of sp³-hybridized carbons (Fsp3) is 0.0952. The van der Waals surface area contributed by atoms with Crippen molar-refractivity contribution in [2.24, 2.45) is 0 Å². The van der Waals surface area contributed by atoms with E-state index in [-0.39, 0.29) is 27.8 Å². The maximum atomic E-state index is 13.9. The van der Waals surface area contributed by atoms with Crippen molar-refractivity contribution in [3.8, 4) is 23.3 Å². The second-order valence-electron chi connectivity index (χ2n) is 6.71. The molecule has 0 bridgehead atoms. The lowest BCUT2D eigenvalue weighted by atomic mass is 10.1. The minimum absolute atomic E-state index is 0.122. The molecule has 3 aromatic rings. The molecule has 0 radical (unpaired) electrons. The molecule has 8 nitrogen and oxygen atoms in total. The third-order valence-electron chi connectivity index (χ3n) is 4.29. The standard InChI is InChI=1S/C21H11ClF4N4O4/c22-16-9-12(2-4-18(16)32-14-5-6-28-13(7-14)10-27)30-19(31)29-11-1-3-17-15(8-11)20(23,24)34-21(25,26)33-17/h1-9H,(H2,29,30,31). The Hall–Kier alpha value is -4.08. The summed E-state index contributed by atoms with van der Waals surface area (Å²) in [7, 11) is 0. The van der Waals surface area contributed by atoms with Gasteiger partial charge in [-0.25, -0.2) is 14.5 Å². The minimum atomic E-state index is -4.49. The van der Waals surface area contributed by atoms with Crippen LogP contribution in [0, 0.1) is 11.3 Å². The molecule has 2 heterocycles. The van der Waals surface area contributed by atoms with Crippen molar-refractivity contribution in [2.75, 3.05) is 10.6 Å². The molecule has 0 atom stereocenters. The number of anilines is 2. The Kier molecular flexibility index (Phi) is 5.90. The van der Waals surface area contributed by atoms with Crippen molar-refractivity contribution in [2.45, 2.75) is 12.4 Å². The normalized spacial score (nSPS) is 15.3. The maximum Gasteiger partial charge on any atom is 0.540 e. The second kappa shape index (κ2) is 8.69. The number of nitrogens with zero attached hydrogens (tertiary/aromatic N) is 2. The van der Waals surface area contributed by atoms with E-state index in [9.17, 15) is 22.4 Å². The number of benzene rings is 2. The summed E-state index contributed by atoms with van der Waals surface area (Å²) in [6, 6.07) is 11.0. The highest BCUT2D eigenvalue weighted by Crippen LogP contribution is 2.46. The first kappa shape index (κ1) is 23.1.